The van der Waals surface area contributed by atoms with Crippen LogP contribution in [0.4, 0.5) is 11.4 Å². The van der Waals surface area contributed by atoms with Crippen LogP contribution in [0.15, 0.2) is 24.3 Å². The summed E-state index contributed by atoms with van der Waals surface area (Å²) in [5.74, 6) is -0.530. The molecule has 2 rings (SSSR count). The van der Waals surface area contributed by atoms with Gasteiger partial charge in [0.25, 0.3) is 0 Å². The van der Waals surface area contributed by atoms with E-state index in [4.69, 9.17) is 4.74 Å². The second kappa shape index (κ2) is 4.10. The van der Waals surface area contributed by atoms with E-state index in [2.05, 4.69) is 10.6 Å². The van der Waals surface area contributed by atoms with Gasteiger partial charge in [-0.25, -0.2) is 0 Å². The van der Waals surface area contributed by atoms with Gasteiger partial charge in [-0.2, -0.15) is 0 Å². The third-order valence-corrected chi connectivity index (χ3v) is 1.94. The van der Waals surface area contributed by atoms with Crippen LogP contribution in [-0.4, -0.2) is 25.0 Å². The SMILES string of the molecule is O=C1COCC(=O)Nc2ccccc2N1. The molecule has 2 amide bonds. The van der Waals surface area contributed by atoms with Crippen LogP contribution in [-0.2, 0) is 14.3 Å². The van der Waals surface area contributed by atoms with Crippen LogP contribution < -0.4 is 10.6 Å². The highest BCUT2D eigenvalue weighted by Gasteiger charge is 2.12. The van der Waals surface area contributed by atoms with Crippen molar-refractivity contribution in [3.05, 3.63) is 24.3 Å². The average molecular weight is 206 g/mol. The standard InChI is InChI=1S/C10H10N2O3/c13-9-5-15-6-10(14)12-8-4-2-1-3-7(8)11-9/h1-4H,5-6H2,(H,11,13)(H,12,14). The quantitative estimate of drug-likeness (QED) is 0.653. The first-order chi connectivity index (χ1) is 7.25. The number of ether oxygens (including phenoxy) is 1. The van der Waals surface area contributed by atoms with Crippen LogP contribution in [0, 0.1) is 0 Å². The molecule has 0 aromatic heterocycles. The van der Waals surface area contributed by atoms with Gasteiger partial charge in [-0.15, -0.1) is 0 Å². The molecule has 5 heteroatoms. The molecule has 0 fully saturated rings. The van der Waals surface area contributed by atoms with Gasteiger partial charge in [-0.1, -0.05) is 12.1 Å². The number of para-hydroxylation sites is 2. The lowest BCUT2D eigenvalue weighted by Gasteiger charge is -2.08. The number of rotatable bonds is 0. The van der Waals surface area contributed by atoms with Crippen molar-refractivity contribution in [3.63, 3.8) is 0 Å². The van der Waals surface area contributed by atoms with Crippen molar-refractivity contribution in [2.75, 3.05) is 23.8 Å². The van der Waals surface area contributed by atoms with Gasteiger partial charge in [0.2, 0.25) is 11.8 Å². The Hall–Kier alpha value is -1.88. The van der Waals surface area contributed by atoms with E-state index in [-0.39, 0.29) is 25.0 Å². The van der Waals surface area contributed by atoms with Gasteiger partial charge in [-0.05, 0) is 12.1 Å². The summed E-state index contributed by atoms with van der Waals surface area (Å²) in [7, 11) is 0. The van der Waals surface area contributed by atoms with Crippen molar-refractivity contribution < 1.29 is 14.3 Å². The fourth-order valence-corrected chi connectivity index (χ4v) is 1.31. The number of fused-ring (bicyclic) bond motifs is 1. The third-order valence-electron chi connectivity index (χ3n) is 1.94. The second-order valence-electron chi connectivity index (χ2n) is 3.13. The number of carbonyl (C=O) groups is 2. The van der Waals surface area contributed by atoms with Crippen LogP contribution in [0.1, 0.15) is 0 Å². The Morgan fingerprint density at radius 1 is 0.933 bits per heavy atom. The normalized spacial score (nSPS) is 16.5. The highest BCUT2D eigenvalue weighted by Crippen LogP contribution is 2.21. The summed E-state index contributed by atoms with van der Waals surface area (Å²) in [6.07, 6.45) is 0. The van der Waals surface area contributed by atoms with E-state index in [1.54, 1.807) is 24.3 Å². The number of nitrogens with one attached hydrogen (secondary N) is 2. The van der Waals surface area contributed by atoms with Crippen molar-refractivity contribution in [2.45, 2.75) is 0 Å². The summed E-state index contributed by atoms with van der Waals surface area (Å²) in [4.78, 5) is 22.6. The van der Waals surface area contributed by atoms with Crippen LogP contribution in [0.5, 0.6) is 0 Å². The molecule has 78 valence electrons. The summed E-state index contributed by atoms with van der Waals surface area (Å²) >= 11 is 0. The molecule has 0 radical (unpaired) electrons. The van der Waals surface area contributed by atoms with E-state index in [0.29, 0.717) is 11.4 Å². The van der Waals surface area contributed by atoms with Gasteiger partial charge in [0.05, 0.1) is 11.4 Å². The fourth-order valence-electron chi connectivity index (χ4n) is 1.31. The molecule has 1 aliphatic heterocycles. The van der Waals surface area contributed by atoms with Gasteiger partial charge in [-0.3, -0.25) is 9.59 Å². The molecular formula is C10H10N2O3. The predicted octanol–water partition coefficient (Wildman–Crippen LogP) is 0.594. The highest BCUT2D eigenvalue weighted by atomic mass is 16.5. The molecule has 2 N–H and O–H groups in total. The Morgan fingerprint density at radius 3 is 1.87 bits per heavy atom. The molecule has 0 bridgehead atoms. The van der Waals surface area contributed by atoms with E-state index >= 15 is 0 Å². The van der Waals surface area contributed by atoms with Gasteiger partial charge < -0.3 is 15.4 Å². The monoisotopic (exact) mass is 206 g/mol. The van der Waals surface area contributed by atoms with E-state index in [9.17, 15) is 9.59 Å². The van der Waals surface area contributed by atoms with Gasteiger partial charge in [0.1, 0.15) is 13.2 Å². The smallest absolute Gasteiger partial charge is 0.250 e. The van der Waals surface area contributed by atoms with Gasteiger partial charge in [0.15, 0.2) is 0 Å². The molecule has 0 atom stereocenters. The summed E-state index contributed by atoms with van der Waals surface area (Å²) in [6.45, 7) is -0.219. The van der Waals surface area contributed by atoms with Crippen LogP contribution in [0.25, 0.3) is 0 Å². The Bertz CT molecular complexity index is 366. The highest BCUT2D eigenvalue weighted by molar-refractivity contribution is 6.01. The van der Waals surface area contributed by atoms with Gasteiger partial charge in [0, 0.05) is 0 Å². The maximum Gasteiger partial charge on any atom is 0.250 e. The largest absolute Gasteiger partial charge is 0.362 e. The van der Waals surface area contributed by atoms with E-state index in [1.807, 2.05) is 0 Å². The lowest BCUT2D eigenvalue weighted by atomic mass is 10.2. The fraction of sp³-hybridized carbons (Fsp3) is 0.200. The molecule has 5 nitrogen and oxygen atoms in total. The lowest BCUT2D eigenvalue weighted by molar-refractivity contribution is -0.125. The van der Waals surface area contributed by atoms with E-state index in [0.717, 1.165) is 0 Å². The molecular weight excluding hydrogens is 196 g/mol. The molecule has 0 saturated heterocycles. The molecule has 0 saturated carbocycles. The molecule has 1 heterocycles. The minimum Gasteiger partial charge on any atom is -0.362 e. The summed E-state index contributed by atoms with van der Waals surface area (Å²) < 4.78 is 4.89. The minimum atomic E-state index is -0.265. The minimum absolute atomic E-state index is 0.109. The molecule has 0 spiro atoms. The Balaban J connectivity index is 2.32. The molecule has 0 unspecified atom stereocenters. The van der Waals surface area contributed by atoms with Crippen molar-refractivity contribution in [3.8, 4) is 0 Å². The number of hydrogen-bond acceptors (Lipinski definition) is 3. The molecule has 0 aliphatic carbocycles. The average Bonchev–Trinajstić information content (AvgIpc) is 2.26. The first-order valence-corrected chi connectivity index (χ1v) is 4.52. The second-order valence-corrected chi connectivity index (χ2v) is 3.13. The molecule has 1 aromatic rings. The molecule has 1 aromatic carbocycles. The first kappa shape index (κ1) is 9.67. The third kappa shape index (κ3) is 2.32. The van der Waals surface area contributed by atoms with Gasteiger partial charge >= 0.3 is 0 Å². The van der Waals surface area contributed by atoms with E-state index in [1.165, 1.54) is 0 Å². The number of benzene rings is 1. The first-order valence-electron chi connectivity index (χ1n) is 4.52. The summed E-state index contributed by atoms with van der Waals surface area (Å²) in [5, 5.41) is 5.29. The van der Waals surface area contributed by atoms with Crippen LogP contribution in [0.3, 0.4) is 0 Å². The van der Waals surface area contributed by atoms with Crippen molar-refractivity contribution >= 4 is 23.2 Å². The Morgan fingerprint density at radius 2 is 1.40 bits per heavy atom. The van der Waals surface area contributed by atoms with Crippen molar-refractivity contribution in [1.82, 2.24) is 0 Å². The molecule has 1 aliphatic rings. The predicted molar refractivity (Wildman–Crippen MR) is 54.5 cm³/mol. The van der Waals surface area contributed by atoms with Crippen LogP contribution >= 0.6 is 0 Å². The zero-order valence-corrected chi connectivity index (χ0v) is 7.95. The number of carbonyl (C=O) groups excluding carboxylic acids is 2. The maximum absolute atomic E-state index is 11.3. The summed E-state index contributed by atoms with van der Waals surface area (Å²) in [5.41, 5.74) is 1.17. The zero-order chi connectivity index (χ0) is 10.7. The van der Waals surface area contributed by atoms with E-state index < -0.39 is 0 Å². The topological polar surface area (TPSA) is 67.4 Å². The zero-order valence-electron chi connectivity index (χ0n) is 7.95. The maximum atomic E-state index is 11.3. The Kier molecular flexibility index (Phi) is 2.64. The van der Waals surface area contributed by atoms with Crippen LogP contribution in [0.2, 0.25) is 0 Å². The number of anilines is 2. The Labute approximate surface area is 86.4 Å². The molecule has 15 heavy (non-hydrogen) atoms. The number of amides is 2. The number of hydrogen-bond donors (Lipinski definition) is 2. The lowest BCUT2D eigenvalue weighted by Crippen LogP contribution is -2.20. The van der Waals surface area contributed by atoms with Crippen molar-refractivity contribution in [1.29, 1.82) is 0 Å². The van der Waals surface area contributed by atoms with Crippen molar-refractivity contribution in [2.24, 2.45) is 0 Å². The summed E-state index contributed by atoms with van der Waals surface area (Å²) in [6, 6.07) is 7.01.